The number of carbonyl (C=O) groups excluding carboxylic acids is 1. The molecule has 2 rings (SSSR count). The van der Waals surface area contributed by atoms with Crippen LogP contribution in [0.3, 0.4) is 0 Å². The van der Waals surface area contributed by atoms with Crippen molar-refractivity contribution in [1.29, 1.82) is 0 Å². The summed E-state index contributed by atoms with van der Waals surface area (Å²) in [5.41, 5.74) is 1.01. The van der Waals surface area contributed by atoms with Gasteiger partial charge in [-0.1, -0.05) is 25.4 Å². The Balaban J connectivity index is 2.39. The highest BCUT2D eigenvalue weighted by molar-refractivity contribution is 6.33. The van der Waals surface area contributed by atoms with E-state index in [0.717, 1.165) is 0 Å². The topological polar surface area (TPSA) is 46.1 Å². The van der Waals surface area contributed by atoms with Crippen LogP contribution in [-0.4, -0.2) is 26.8 Å². The van der Waals surface area contributed by atoms with Crippen molar-refractivity contribution in [2.24, 2.45) is 5.92 Å². The zero-order chi connectivity index (χ0) is 12.7. The van der Waals surface area contributed by atoms with Crippen molar-refractivity contribution in [1.82, 2.24) is 14.9 Å². The molecule has 1 amide bonds. The lowest BCUT2D eigenvalue weighted by Crippen LogP contribution is -2.36. The Morgan fingerprint density at radius 3 is 2.47 bits per heavy atom. The average Bonchev–Trinajstić information content (AvgIpc) is 2.56. The molecule has 92 valence electrons. The first-order valence-corrected chi connectivity index (χ1v) is 6.20. The lowest BCUT2D eigenvalue weighted by molar-refractivity contribution is 0.0669. The molecule has 0 spiro atoms. The number of carbonyl (C=O) groups is 1. The first-order valence-electron chi connectivity index (χ1n) is 5.44. The molecule has 6 heteroatoms. The van der Waals surface area contributed by atoms with Crippen LogP contribution in [0.4, 0.5) is 0 Å². The van der Waals surface area contributed by atoms with Crippen LogP contribution in [0.5, 0.6) is 0 Å². The summed E-state index contributed by atoms with van der Waals surface area (Å²) in [5, 5.41) is 0.285. The summed E-state index contributed by atoms with van der Waals surface area (Å²) in [7, 11) is 0. The quantitative estimate of drug-likeness (QED) is 0.615. The van der Waals surface area contributed by atoms with Gasteiger partial charge >= 0.3 is 0 Å². The standard InChI is InChI=1S/C11H13Cl2N3O/c1-5(2)6(3)16-4-7-8(10(16)17)14-11(13)15-9(7)12/h5-6H,4H2,1-3H3. The lowest BCUT2D eigenvalue weighted by Gasteiger charge is -2.27. The van der Waals surface area contributed by atoms with Gasteiger partial charge in [0.1, 0.15) is 10.8 Å². The summed E-state index contributed by atoms with van der Waals surface area (Å²) in [6.45, 7) is 6.61. The summed E-state index contributed by atoms with van der Waals surface area (Å²) in [6.07, 6.45) is 0. The van der Waals surface area contributed by atoms with Crippen LogP contribution in [0.15, 0.2) is 0 Å². The second kappa shape index (κ2) is 4.42. The molecule has 0 fully saturated rings. The van der Waals surface area contributed by atoms with E-state index in [9.17, 15) is 4.79 Å². The Morgan fingerprint density at radius 1 is 1.24 bits per heavy atom. The summed E-state index contributed by atoms with van der Waals surface area (Å²) >= 11 is 11.7. The average molecular weight is 274 g/mol. The van der Waals surface area contributed by atoms with Crippen molar-refractivity contribution in [2.75, 3.05) is 0 Å². The van der Waals surface area contributed by atoms with Crippen LogP contribution in [-0.2, 0) is 6.54 Å². The summed E-state index contributed by atoms with van der Waals surface area (Å²) in [5.74, 6) is 0.253. The molecule has 0 radical (unpaired) electrons. The Kier molecular flexibility index (Phi) is 3.27. The number of nitrogens with zero attached hydrogens (tertiary/aromatic N) is 3. The summed E-state index contributed by atoms with van der Waals surface area (Å²) in [4.78, 5) is 21.7. The van der Waals surface area contributed by atoms with Crippen LogP contribution in [0.25, 0.3) is 0 Å². The van der Waals surface area contributed by atoms with Gasteiger partial charge in [-0.3, -0.25) is 4.79 Å². The Hall–Kier alpha value is -0.870. The zero-order valence-electron chi connectivity index (χ0n) is 9.87. The molecule has 0 bridgehead atoms. The third-order valence-corrected chi connectivity index (χ3v) is 3.66. The van der Waals surface area contributed by atoms with Gasteiger partial charge in [0.25, 0.3) is 5.91 Å². The molecule has 1 unspecified atom stereocenters. The highest BCUT2D eigenvalue weighted by atomic mass is 35.5. The minimum absolute atomic E-state index is 0.0150. The molecule has 1 aliphatic heterocycles. The molecule has 1 aromatic rings. The van der Waals surface area contributed by atoms with E-state index in [1.807, 2.05) is 6.92 Å². The van der Waals surface area contributed by atoms with Crippen LogP contribution in [0, 0.1) is 5.92 Å². The number of amides is 1. The van der Waals surface area contributed by atoms with E-state index in [1.165, 1.54) is 0 Å². The van der Waals surface area contributed by atoms with Crippen molar-refractivity contribution >= 4 is 29.1 Å². The normalized spacial score (nSPS) is 16.6. The van der Waals surface area contributed by atoms with Gasteiger partial charge in [-0.15, -0.1) is 0 Å². The fourth-order valence-electron chi connectivity index (χ4n) is 1.81. The predicted octanol–water partition coefficient (Wildman–Crippen LogP) is 2.78. The Labute approximate surface area is 110 Å². The number of hydrogen-bond donors (Lipinski definition) is 0. The van der Waals surface area contributed by atoms with E-state index in [4.69, 9.17) is 23.2 Å². The van der Waals surface area contributed by atoms with Gasteiger partial charge in [0.05, 0.1) is 6.54 Å². The summed E-state index contributed by atoms with van der Waals surface area (Å²) < 4.78 is 0. The number of rotatable bonds is 2. The Morgan fingerprint density at radius 2 is 1.88 bits per heavy atom. The third kappa shape index (κ3) is 2.11. The molecule has 0 saturated carbocycles. The van der Waals surface area contributed by atoms with Gasteiger partial charge in [0.2, 0.25) is 5.28 Å². The molecule has 0 aliphatic carbocycles. The maximum Gasteiger partial charge on any atom is 0.273 e. The number of halogens is 2. The molecule has 0 aromatic carbocycles. The predicted molar refractivity (Wildman–Crippen MR) is 66.2 cm³/mol. The van der Waals surface area contributed by atoms with Crippen molar-refractivity contribution in [3.63, 3.8) is 0 Å². The molecular weight excluding hydrogens is 261 g/mol. The molecule has 2 heterocycles. The third-order valence-electron chi connectivity index (χ3n) is 3.18. The van der Waals surface area contributed by atoms with E-state index in [0.29, 0.717) is 23.7 Å². The molecule has 0 N–H and O–H groups in total. The van der Waals surface area contributed by atoms with Crippen molar-refractivity contribution in [3.05, 3.63) is 21.7 Å². The molecule has 17 heavy (non-hydrogen) atoms. The first-order chi connectivity index (χ1) is 7.91. The van der Waals surface area contributed by atoms with E-state index >= 15 is 0 Å². The van der Waals surface area contributed by atoms with Gasteiger partial charge < -0.3 is 4.90 Å². The van der Waals surface area contributed by atoms with Crippen LogP contribution in [0.1, 0.15) is 36.8 Å². The Bertz CT molecular complexity index is 476. The van der Waals surface area contributed by atoms with Gasteiger partial charge in [-0.2, -0.15) is 0 Å². The second-order valence-corrected chi connectivity index (χ2v) is 5.22. The number of fused-ring (bicyclic) bond motifs is 1. The molecular formula is C11H13Cl2N3O. The van der Waals surface area contributed by atoms with Gasteiger partial charge in [-0.05, 0) is 24.4 Å². The fourth-order valence-corrected chi connectivity index (χ4v) is 2.26. The highest BCUT2D eigenvalue weighted by Gasteiger charge is 2.35. The van der Waals surface area contributed by atoms with Gasteiger partial charge in [0, 0.05) is 11.6 Å². The van der Waals surface area contributed by atoms with Gasteiger partial charge in [0.15, 0.2) is 0 Å². The molecule has 1 aliphatic rings. The molecule has 0 saturated heterocycles. The fraction of sp³-hybridized carbons (Fsp3) is 0.545. The maximum absolute atomic E-state index is 12.2. The molecule has 4 nitrogen and oxygen atoms in total. The largest absolute Gasteiger partial charge is 0.330 e. The maximum atomic E-state index is 12.2. The van der Waals surface area contributed by atoms with Gasteiger partial charge in [-0.25, -0.2) is 9.97 Å². The molecule has 1 aromatic heterocycles. The minimum Gasteiger partial charge on any atom is -0.330 e. The SMILES string of the molecule is CC(C)C(C)N1Cc2c(Cl)nc(Cl)nc2C1=O. The highest BCUT2D eigenvalue weighted by Crippen LogP contribution is 2.30. The van der Waals surface area contributed by atoms with E-state index in [2.05, 4.69) is 23.8 Å². The van der Waals surface area contributed by atoms with Crippen molar-refractivity contribution in [2.45, 2.75) is 33.4 Å². The number of aromatic nitrogens is 2. The first kappa shape index (κ1) is 12.6. The van der Waals surface area contributed by atoms with Crippen molar-refractivity contribution < 1.29 is 4.79 Å². The minimum atomic E-state index is -0.118. The number of hydrogen-bond acceptors (Lipinski definition) is 3. The van der Waals surface area contributed by atoms with Crippen LogP contribution in [0.2, 0.25) is 10.4 Å². The summed E-state index contributed by atoms with van der Waals surface area (Å²) in [6, 6.07) is 0.131. The second-order valence-electron chi connectivity index (χ2n) is 4.53. The lowest BCUT2D eigenvalue weighted by atomic mass is 10.1. The smallest absolute Gasteiger partial charge is 0.273 e. The molecule has 1 atom stereocenters. The van der Waals surface area contributed by atoms with Crippen LogP contribution < -0.4 is 0 Å². The van der Waals surface area contributed by atoms with E-state index < -0.39 is 0 Å². The van der Waals surface area contributed by atoms with E-state index in [1.54, 1.807) is 4.90 Å². The van der Waals surface area contributed by atoms with E-state index in [-0.39, 0.29) is 22.4 Å². The zero-order valence-corrected chi connectivity index (χ0v) is 11.4. The monoisotopic (exact) mass is 273 g/mol. The van der Waals surface area contributed by atoms with Crippen molar-refractivity contribution in [3.8, 4) is 0 Å². The van der Waals surface area contributed by atoms with Crippen LogP contribution >= 0.6 is 23.2 Å².